The Morgan fingerprint density at radius 1 is 1.06 bits per heavy atom. The van der Waals surface area contributed by atoms with E-state index in [-0.39, 0.29) is 29.3 Å². The monoisotopic (exact) mass is 497 g/mol. The van der Waals surface area contributed by atoms with Gasteiger partial charge in [0.1, 0.15) is 5.25 Å². The van der Waals surface area contributed by atoms with Gasteiger partial charge in [0.05, 0.1) is 10.6 Å². The molecule has 0 spiro atoms. The average molecular weight is 498 g/mol. The van der Waals surface area contributed by atoms with Crippen molar-refractivity contribution in [3.8, 4) is 0 Å². The zero-order valence-corrected chi connectivity index (χ0v) is 20.1. The fourth-order valence-electron chi connectivity index (χ4n) is 5.28. The summed E-state index contributed by atoms with van der Waals surface area (Å²) in [7, 11) is 0. The van der Waals surface area contributed by atoms with Crippen LogP contribution in [0, 0.1) is 22.0 Å². The van der Waals surface area contributed by atoms with Gasteiger partial charge in [0.25, 0.3) is 5.69 Å². The number of rotatable bonds is 5. The lowest BCUT2D eigenvalue weighted by Crippen LogP contribution is -2.51. The molecule has 1 saturated heterocycles. The Kier molecular flexibility index (Phi) is 6.59. The van der Waals surface area contributed by atoms with Gasteiger partial charge in [0, 0.05) is 56.5 Å². The number of piperazine rings is 1. The molecule has 0 radical (unpaired) electrons. The van der Waals surface area contributed by atoms with E-state index in [9.17, 15) is 24.5 Å². The Balaban J connectivity index is 1.09. The van der Waals surface area contributed by atoms with Crippen molar-refractivity contribution in [2.75, 3.05) is 37.6 Å². The van der Waals surface area contributed by atoms with Gasteiger partial charge < -0.3 is 9.80 Å². The molecular weight excluding hydrogens is 470 g/mol. The summed E-state index contributed by atoms with van der Waals surface area (Å²) in [6, 6.07) is 6.04. The molecule has 0 N–H and O–H groups in total. The predicted molar refractivity (Wildman–Crippen MR) is 132 cm³/mol. The van der Waals surface area contributed by atoms with Crippen LogP contribution in [0.1, 0.15) is 25.7 Å². The topological polar surface area (TPSA) is 116 Å². The van der Waals surface area contributed by atoms with Gasteiger partial charge >= 0.3 is 6.03 Å². The fourth-order valence-corrected chi connectivity index (χ4v) is 6.17. The van der Waals surface area contributed by atoms with Gasteiger partial charge in [-0.3, -0.25) is 24.6 Å². The van der Waals surface area contributed by atoms with Gasteiger partial charge in [-0.05, 0) is 55.2 Å². The van der Waals surface area contributed by atoms with Gasteiger partial charge in [-0.15, -0.1) is 11.8 Å². The number of aliphatic imine (C=N–C) groups is 1. The molecule has 1 aliphatic carbocycles. The number of nitrogens with zero attached hydrogens (tertiary/aromatic N) is 5. The van der Waals surface area contributed by atoms with Crippen LogP contribution in [0.5, 0.6) is 0 Å². The zero-order chi connectivity index (χ0) is 24.5. The van der Waals surface area contributed by atoms with Crippen LogP contribution in [0.15, 0.2) is 40.7 Å². The molecule has 11 heteroatoms. The van der Waals surface area contributed by atoms with Crippen molar-refractivity contribution in [3.05, 3.63) is 45.9 Å². The maximum atomic E-state index is 13.1. The molecule has 4 amide bonds. The molecule has 1 atom stereocenters. The van der Waals surface area contributed by atoms with E-state index in [2.05, 4.69) is 9.89 Å². The number of nitro groups is 1. The van der Waals surface area contributed by atoms with Crippen molar-refractivity contribution >= 4 is 46.7 Å². The maximum Gasteiger partial charge on any atom is 0.350 e. The highest BCUT2D eigenvalue weighted by atomic mass is 32.2. The third-order valence-electron chi connectivity index (χ3n) is 7.32. The molecule has 1 saturated carbocycles. The van der Waals surface area contributed by atoms with E-state index in [0.29, 0.717) is 38.4 Å². The number of non-ortho nitro benzene ring substituents is 1. The number of carbonyl (C=O) groups excluding carboxylic acids is 3. The van der Waals surface area contributed by atoms with Gasteiger partial charge in [0.15, 0.2) is 0 Å². The molecule has 2 fully saturated rings. The van der Waals surface area contributed by atoms with Gasteiger partial charge in [-0.2, -0.15) is 4.99 Å². The highest BCUT2D eigenvalue weighted by Crippen LogP contribution is 2.33. The molecule has 0 bridgehead atoms. The second kappa shape index (κ2) is 9.80. The SMILES string of the molecule is O=C(C1CCC(CN2C(=O)N=C3C=CSC3C2=O)CC1)N1CCN(c2ccc([N+](=O)[O-])cc2)CC1. The molecule has 5 rings (SSSR count). The summed E-state index contributed by atoms with van der Waals surface area (Å²) >= 11 is 1.39. The quantitative estimate of drug-likeness (QED) is 0.453. The van der Waals surface area contributed by atoms with Crippen molar-refractivity contribution in [1.29, 1.82) is 0 Å². The summed E-state index contributed by atoms with van der Waals surface area (Å²) < 4.78 is 0. The van der Waals surface area contributed by atoms with E-state index in [4.69, 9.17) is 0 Å². The normalized spacial score (nSPS) is 26.6. The Bertz CT molecular complexity index is 1090. The number of urea groups is 1. The van der Waals surface area contributed by atoms with E-state index in [0.717, 1.165) is 31.4 Å². The van der Waals surface area contributed by atoms with Crippen LogP contribution >= 0.6 is 11.8 Å². The van der Waals surface area contributed by atoms with Crippen molar-refractivity contribution in [2.45, 2.75) is 30.9 Å². The standard InChI is InChI=1S/C24H27N5O5S/c30-22(27-12-10-26(11-13-27)18-5-7-19(8-6-18)29(33)34)17-3-1-16(2-4-17)15-28-23(31)21-20(9-14-35-21)25-24(28)32/h5-9,14,16-17,21H,1-4,10-13,15H2. The smallest absolute Gasteiger partial charge is 0.350 e. The summed E-state index contributed by atoms with van der Waals surface area (Å²) in [6.45, 7) is 3.00. The van der Waals surface area contributed by atoms with Crippen LogP contribution in [-0.2, 0) is 9.59 Å². The van der Waals surface area contributed by atoms with Gasteiger partial charge in [0.2, 0.25) is 11.8 Å². The van der Waals surface area contributed by atoms with Crippen molar-refractivity contribution in [2.24, 2.45) is 16.8 Å². The summed E-state index contributed by atoms with van der Waals surface area (Å²) in [6.07, 6.45) is 4.86. The number of carbonyl (C=O) groups is 3. The average Bonchev–Trinajstić information content (AvgIpc) is 3.35. The third kappa shape index (κ3) is 4.82. The predicted octanol–water partition coefficient (Wildman–Crippen LogP) is 3.08. The number of thioether (sulfide) groups is 1. The van der Waals surface area contributed by atoms with E-state index >= 15 is 0 Å². The number of allylic oxidation sites excluding steroid dienone is 1. The summed E-state index contributed by atoms with van der Waals surface area (Å²) in [5.41, 5.74) is 1.54. The first-order valence-electron chi connectivity index (χ1n) is 11.9. The van der Waals surface area contributed by atoms with E-state index < -0.39 is 16.2 Å². The molecule has 1 aromatic carbocycles. The number of imide groups is 1. The Labute approximate surface area is 207 Å². The van der Waals surface area contributed by atoms with Crippen molar-refractivity contribution in [1.82, 2.24) is 9.80 Å². The number of amides is 4. The molecule has 1 aromatic rings. The Hall–Kier alpha value is -3.21. The number of hydrogen-bond donors (Lipinski definition) is 0. The number of fused-ring (bicyclic) bond motifs is 1. The van der Waals surface area contributed by atoms with Crippen molar-refractivity contribution < 1.29 is 19.3 Å². The zero-order valence-electron chi connectivity index (χ0n) is 19.2. The first-order valence-corrected chi connectivity index (χ1v) is 12.9. The molecular formula is C24H27N5O5S. The number of nitro benzene ring substituents is 1. The highest BCUT2D eigenvalue weighted by Gasteiger charge is 2.40. The molecule has 1 unspecified atom stereocenters. The maximum absolute atomic E-state index is 13.1. The second-order valence-corrected chi connectivity index (χ2v) is 10.4. The van der Waals surface area contributed by atoms with E-state index in [1.165, 1.54) is 28.8 Å². The van der Waals surface area contributed by atoms with Gasteiger partial charge in [-0.25, -0.2) is 4.79 Å². The lowest BCUT2D eigenvalue weighted by molar-refractivity contribution is -0.384. The summed E-state index contributed by atoms with van der Waals surface area (Å²) in [5, 5.41) is 12.3. The van der Waals surface area contributed by atoms with E-state index in [1.54, 1.807) is 23.6 Å². The molecule has 0 aromatic heterocycles. The van der Waals surface area contributed by atoms with Crippen LogP contribution in [0.4, 0.5) is 16.2 Å². The van der Waals surface area contributed by atoms with Crippen LogP contribution in [-0.4, -0.2) is 76.3 Å². The highest BCUT2D eigenvalue weighted by molar-refractivity contribution is 8.04. The summed E-state index contributed by atoms with van der Waals surface area (Å²) in [4.78, 5) is 58.1. The first kappa shape index (κ1) is 23.5. The third-order valence-corrected chi connectivity index (χ3v) is 8.33. The second-order valence-electron chi connectivity index (χ2n) is 9.39. The minimum absolute atomic E-state index is 0.0239. The molecule has 4 aliphatic rings. The number of hydrogen-bond acceptors (Lipinski definition) is 7. The van der Waals surface area contributed by atoms with Crippen molar-refractivity contribution in [3.63, 3.8) is 0 Å². The summed E-state index contributed by atoms with van der Waals surface area (Å²) in [5.74, 6) is 0.171. The molecule has 3 aliphatic heterocycles. The molecule has 35 heavy (non-hydrogen) atoms. The van der Waals surface area contributed by atoms with E-state index in [1.807, 2.05) is 4.90 Å². The van der Waals surface area contributed by atoms with Gasteiger partial charge in [-0.1, -0.05) is 0 Å². The van der Waals surface area contributed by atoms with Crippen LogP contribution in [0.3, 0.4) is 0 Å². The molecule has 184 valence electrons. The number of benzene rings is 1. The minimum atomic E-state index is -0.475. The van der Waals surface area contributed by atoms with Crippen LogP contribution in [0.2, 0.25) is 0 Å². The number of anilines is 1. The lowest BCUT2D eigenvalue weighted by Gasteiger charge is -2.39. The fraction of sp³-hybridized carbons (Fsp3) is 0.500. The largest absolute Gasteiger partial charge is 0.368 e. The molecule has 10 nitrogen and oxygen atoms in total. The minimum Gasteiger partial charge on any atom is -0.368 e. The van der Waals surface area contributed by atoms with Crippen LogP contribution < -0.4 is 4.90 Å². The Morgan fingerprint density at radius 2 is 1.74 bits per heavy atom. The van der Waals surface area contributed by atoms with Crippen LogP contribution in [0.25, 0.3) is 0 Å². The lowest BCUT2D eigenvalue weighted by atomic mass is 9.81. The first-order chi connectivity index (χ1) is 16.9. The Morgan fingerprint density at radius 3 is 2.40 bits per heavy atom. The molecule has 3 heterocycles.